The summed E-state index contributed by atoms with van der Waals surface area (Å²) in [6, 6.07) is 6.78. The molecule has 98 valence electrons. The van der Waals surface area contributed by atoms with Crippen molar-refractivity contribution in [3.8, 4) is 5.75 Å². The van der Waals surface area contributed by atoms with E-state index in [9.17, 15) is 0 Å². The van der Waals surface area contributed by atoms with Crippen molar-refractivity contribution in [1.82, 2.24) is 10.2 Å². The van der Waals surface area contributed by atoms with Crippen LogP contribution in [0.5, 0.6) is 5.75 Å². The first-order valence-corrected chi connectivity index (χ1v) is 6.96. The van der Waals surface area contributed by atoms with E-state index in [0.717, 1.165) is 44.4 Å². The fourth-order valence-electron chi connectivity index (χ4n) is 2.71. The van der Waals surface area contributed by atoms with Crippen LogP contribution in [0.3, 0.4) is 0 Å². The minimum Gasteiger partial charge on any atom is -0.496 e. The molecule has 0 bridgehead atoms. The molecule has 18 heavy (non-hydrogen) atoms. The number of nitrogens with one attached hydrogen (secondary N) is 1. The summed E-state index contributed by atoms with van der Waals surface area (Å²) in [4.78, 5) is 2.50. The average molecular weight is 246 g/mol. The summed E-state index contributed by atoms with van der Waals surface area (Å²) in [7, 11) is 1.79. The van der Waals surface area contributed by atoms with Gasteiger partial charge in [-0.2, -0.15) is 0 Å². The van der Waals surface area contributed by atoms with Crippen molar-refractivity contribution in [1.29, 1.82) is 0 Å². The summed E-state index contributed by atoms with van der Waals surface area (Å²) in [6.45, 7) is 5.55. The lowest BCUT2D eigenvalue weighted by Gasteiger charge is -2.27. The molecule has 1 aliphatic heterocycles. The van der Waals surface area contributed by atoms with Crippen molar-refractivity contribution < 1.29 is 4.74 Å². The van der Waals surface area contributed by atoms with Crippen LogP contribution in [-0.4, -0.2) is 38.2 Å². The molecule has 1 saturated carbocycles. The molecule has 0 amide bonds. The van der Waals surface area contributed by atoms with E-state index >= 15 is 0 Å². The monoisotopic (exact) mass is 246 g/mol. The third-order valence-electron chi connectivity index (χ3n) is 3.93. The van der Waals surface area contributed by atoms with Gasteiger partial charge in [-0.25, -0.2) is 0 Å². The predicted molar refractivity (Wildman–Crippen MR) is 73.1 cm³/mol. The molecule has 1 heterocycles. The Kier molecular flexibility index (Phi) is 3.52. The number of methoxy groups -OCH3 is 1. The van der Waals surface area contributed by atoms with Crippen LogP contribution in [0.2, 0.25) is 0 Å². The topological polar surface area (TPSA) is 24.5 Å². The number of nitrogens with zero attached hydrogens (tertiary/aromatic N) is 1. The second-order valence-corrected chi connectivity index (χ2v) is 5.38. The molecule has 1 aromatic carbocycles. The van der Waals surface area contributed by atoms with Gasteiger partial charge in [0.1, 0.15) is 5.75 Å². The fourth-order valence-corrected chi connectivity index (χ4v) is 2.71. The Bertz CT molecular complexity index is 409. The first-order chi connectivity index (χ1) is 8.86. The van der Waals surface area contributed by atoms with Crippen molar-refractivity contribution in [2.75, 3.05) is 33.3 Å². The second-order valence-electron chi connectivity index (χ2n) is 5.38. The number of hydrogen-bond donors (Lipinski definition) is 1. The fraction of sp³-hybridized carbons (Fsp3) is 0.600. The van der Waals surface area contributed by atoms with Crippen LogP contribution in [0.25, 0.3) is 0 Å². The highest BCUT2D eigenvalue weighted by Crippen LogP contribution is 2.44. The first kappa shape index (κ1) is 12.0. The van der Waals surface area contributed by atoms with E-state index in [1.807, 2.05) is 0 Å². The zero-order valence-electron chi connectivity index (χ0n) is 11.1. The standard InChI is InChI=1S/C15H22N2O/c1-18-15-10-12(2-5-14(15)13-3-4-13)11-17-8-6-16-7-9-17/h2,5,10,13,16H,3-4,6-9,11H2,1H3. The van der Waals surface area contributed by atoms with Crippen molar-refractivity contribution in [3.63, 3.8) is 0 Å². The van der Waals surface area contributed by atoms with Gasteiger partial charge in [-0.3, -0.25) is 4.90 Å². The molecule has 2 fully saturated rings. The summed E-state index contributed by atoms with van der Waals surface area (Å²) >= 11 is 0. The lowest BCUT2D eigenvalue weighted by molar-refractivity contribution is 0.233. The Labute approximate surface area is 109 Å². The first-order valence-electron chi connectivity index (χ1n) is 6.96. The van der Waals surface area contributed by atoms with E-state index in [1.54, 1.807) is 7.11 Å². The average Bonchev–Trinajstić information content (AvgIpc) is 3.24. The molecular weight excluding hydrogens is 224 g/mol. The summed E-state index contributed by atoms with van der Waals surface area (Å²) < 4.78 is 5.55. The Morgan fingerprint density at radius 1 is 1.28 bits per heavy atom. The maximum absolute atomic E-state index is 5.55. The summed E-state index contributed by atoms with van der Waals surface area (Å²) in [5, 5.41) is 3.39. The summed E-state index contributed by atoms with van der Waals surface area (Å²) in [6.07, 6.45) is 2.65. The normalized spacial score (nSPS) is 20.9. The summed E-state index contributed by atoms with van der Waals surface area (Å²) in [5.41, 5.74) is 2.78. The molecule has 0 unspecified atom stereocenters. The Morgan fingerprint density at radius 3 is 2.72 bits per heavy atom. The van der Waals surface area contributed by atoms with Crippen molar-refractivity contribution in [2.24, 2.45) is 0 Å². The highest BCUT2D eigenvalue weighted by atomic mass is 16.5. The molecular formula is C15H22N2O. The highest BCUT2D eigenvalue weighted by molar-refractivity contribution is 5.41. The van der Waals surface area contributed by atoms with Gasteiger partial charge in [-0.05, 0) is 36.0 Å². The quantitative estimate of drug-likeness (QED) is 0.879. The van der Waals surface area contributed by atoms with E-state index < -0.39 is 0 Å². The zero-order chi connectivity index (χ0) is 12.4. The molecule has 1 saturated heterocycles. The zero-order valence-corrected chi connectivity index (χ0v) is 11.1. The molecule has 0 atom stereocenters. The number of hydrogen-bond acceptors (Lipinski definition) is 3. The Hall–Kier alpha value is -1.06. The van der Waals surface area contributed by atoms with Gasteiger partial charge in [-0.15, -0.1) is 0 Å². The van der Waals surface area contributed by atoms with Gasteiger partial charge in [-0.1, -0.05) is 12.1 Å². The van der Waals surface area contributed by atoms with E-state index in [2.05, 4.69) is 28.4 Å². The van der Waals surface area contributed by atoms with Gasteiger partial charge in [0.15, 0.2) is 0 Å². The number of ether oxygens (including phenoxy) is 1. The lowest BCUT2D eigenvalue weighted by atomic mass is 10.1. The van der Waals surface area contributed by atoms with E-state index in [-0.39, 0.29) is 0 Å². The predicted octanol–water partition coefficient (Wildman–Crippen LogP) is 1.98. The molecule has 3 nitrogen and oxygen atoms in total. The van der Waals surface area contributed by atoms with Crippen LogP contribution in [0.4, 0.5) is 0 Å². The van der Waals surface area contributed by atoms with Crippen LogP contribution < -0.4 is 10.1 Å². The molecule has 3 rings (SSSR count). The molecule has 2 aliphatic rings. The smallest absolute Gasteiger partial charge is 0.122 e. The van der Waals surface area contributed by atoms with E-state index in [4.69, 9.17) is 4.74 Å². The number of rotatable bonds is 4. The van der Waals surface area contributed by atoms with Crippen molar-refractivity contribution >= 4 is 0 Å². The molecule has 1 aliphatic carbocycles. The van der Waals surface area contributed by atoms with Gasteiger partial charge in [0.05, 0.1) is 7.11 Å². The highest BCUT2D eigenvalue weighted by Gasteiger charge is 2.26. The van der Waals surface area contributed by atoms with E-state index in [0.29, 0.717) is 0 Å². The van der Waals surface area contributed by atoms with Crippen LogP contribution in [0.15, 0.2) is 18.2 Å². The minimum atomic E-state index is 0.758. The van der Waals surface area contributed by atoms with Crippen molar-refractivity contribution in [2.45, 2.75) is 25.3 Å². The Morgan fingerprint density at radius 2 is 2.06 bits per heavy atom. The SMILES string of the molecule is COc1cc(CN2CCNCC2)ccc1C1CC1. The van der Waals surface area contributed by atoms with Crippen LogP contribution in [0, 0.1) is 0 Å². The molecule has 0 radical (unpaired) electrons. The molecule has 3 heteroatoms. The second kappa shape index (κ2) is 5.29. The summed E-state index contributed by atoms with van der Waals surface area (Å²) in [5.74, 6) is 1.85. The third kappa shape index (κ3) is 2.68. The van der Waals surface area contributed by atoms with Crippen LogP contribution in [-0.2, 0) is 6.54 Å². The maximum atomic E-state index is 5.55. The molecule has 1 N–H and O–H groups in total. The van der Waals surface area contributed by atoms with Gasteiger partial charge in [0.25, 0.3) is 0 Å². The maximum Gasteiger partial charge on any atom is 0.122 e. The van der Waals surface area contributed by atoms with Crippen LogP contribution >= 0.6 is 0 Å². The van der Waals surface area contributed by atoms with Gasteiger partial charge >= 0.3 is 0 Å². The number of piperazine rings is 1. The van der Waals surface area contributed by atoms with Gasteiger partial charge in [0, 0.05) is 32.7 Å². The van der Waals surface area contributed by atoms with Gasteiger partial charge in [0.2, 0.25) is 0 Å². The van der Waals surface area contributed by atoms with Crippen molar-refractivity contribution in [3.05, 3.63) is 29.3 Å². The largest absolute Gasteiger partial charge is 0.496 e. The molecule has 1 aromatic rings. The van der Waals surface area contributed by atoms with E-state index in [1.165, 1.54) is 24.0 Å². The molecule has 0 spiro atoms. The third-order valence-corrected chi connectivity index (χ3v) is 3.93. The molecule has 0 aromatic heterocycles. The number of benzene rings is 1. The lowest BCUT2D eigenvalue weighted by Crippen LogP contribution is -2.42. The minimum absolute atomic E-state index is 0.758. The van der Waals surface area contributed by atoms with Crippen LogP contribution in [0.1, 0.15) is 29.9 Å². The Balaban J connectivity index is 1.71. The van der Waals surface area contributed by atoms with Gasteiger partial charge < -0.3 is 10.1 Å².